The summed E-state index contributed by atoms with van der Waals surface area (Å²) < 4.78 is 6.11. The number of hydrogen-bond donors (Lipinski definition) is 1. The Balaban J connectivity index is 0.00000121. The molecule has 2 atom stereocenters. The Morgan fingerprint density at radius 3 is 2.50 bits per heavy atom. The number of benzene rings is 2. The highest BCUT2D eigenvalue weighted by Crippen LogP contribution is 2.48. The SMILES string of the molecule is Cl.Clc1ccc2c(c1)[C@@H]1CNC[C@@H]1c1ccccc1O2. The van der Waals surface area contributed by atoms with Crippen LogP contribution in [0.25, 0.3) is 0 Å². The van der Waals surface area contributed by atoms with Crippen molar-refractivity contribution >= 4 is 24.0 Å². The molecule has 1 saturated heterocycles. The van der Waals surface area contributed by atoms with Crippen LogP contribution in [-0.4, -0.2) is 13.1 Å². The molecule has 0 aliphatic carbocycles. The van der Waals surface area contributed by atoms with Crippen LogP contribution in [0.15, 0.2) is 42.5 Å². The summed E-state index contributed by atoms with van der Waals surface area (Å²) in [5, 5.41) is 4.27. The summed E-state index contributed by atoms with van der Waals surface area (Å²) in [6, 6.07) is 14.3. The zero-order valence-electron chi connectivity index (χ0n) is 10.8. The molecule has 20 heavy (non-hydrogen) atoms. The third kappa shape index (κ3) is 2.08. The molecule has 2 aromatic carbocycles. The van der Waals surface area contributed by atoms with Crippen LogP contribution in [0.2, 0.25) is 5.02 Å². The van der Waals surface area contributed by atoms with E-state index in [2.05, 4.69) is 23.5 Å². The van der Waals surface area contributed by atoms with Gasteiger partial charge in [-0.3, -0.25) is 0 Å². The van der Waals surface area contributed by atoms with Crippen molar-refractivity contribution in [2.75, 3.05) is 13.1 Å². The number of hydrogen-bond acceptors (Lipinski definition) is 2. The summed E-state index contributed by atoms with van der Waals surface area (Å²) in [6.07, 6.45) is 0. The fourth-order valence-electron chi connectivity index (χ4n) is 3.23. The van der Waals surface area contributed by atoms with Gasteiger partial charge in [0, 0.05) is 35.5 Å². The highest BCUT2D eigenvalue weighted by atomic mass is 35.5. The number of fused-ring (bicyclic) bond motifs is 5. The van der Waals surface area contributed by atoms with Crippen LogP contribution in [-0.2, 0) is 0 Å². The minimum Gasteiger partial charge on any atom is -0.457 e. The van der Waals surface area contributed by atoms with Gasteiger partial charge in [0.2, 0.25) is 0 Å². The second-order valence-corrected chi connectivity index (χ2v) is 5.63. The van der Waals surface area contributed by atoms with Gasteiger partial charge in [-0.15, -0.1) is 12.4 Å². The first-order valence-corrected chi connectivity index (χ1v) is 6.97. The quantitative estimate of drug-likeness (QED) is 0.782. The Morgan fingerprint density at radius 1 is 0.950 bits per heavy atom. The first kappa shape index (κ1) is 13.7. The van der Waals surface area contributed by atoms with Crippen LogP contribution in [0, 0.1) is 0 Å². The minimum absolute atomic E-state index is 0. The van der Waals surface area contributed by atoms with Crippen LogP contribution in [0.3, 0.4) is 0 Å². The standard InChI is InChI=1S/C16H14ClNO.ClH/c17-10-5-6-16-12(7-10)14-9-18-8-13(14)11-3-1-2-4-15(11)19-16;/h1-7,13-14,18H,8-9H2;1H/t13-,14+;/m1./s1. The molecule has 0 unspecified atom stereocenters. The van der Waals surface area contributed by atoms with Crippen LogP contribution in [0.4, 0.5) is 0 Å². The monoisotopic (exact) mass is 307 g/mol. The molecule has 1 N–H and O–H groups in total. The van der Waals surface area contributed by atoms with Gasteiger partial charge in [-0.2, -0.15) is 0 Å². The molecule has 2 heterocycles. The van der Waals surface area contributed by atoms with Gasteiger partial charge in [0.15, 0.2) is 0 Å². The zero-order chi connectivity index (χ0) is 12.8. The Kier molecular flexibility index (Phi) is 3.63. The smallest absolute Gasteiger partial charge is 0.131 e. The molecule has 0 amide bonds. The topological polar surface area (TPSA) is 21.3 Å². The first-order valence-electron chi connectivity index (χ1n) is 6.60. The predicted octanol–water partition coefficient (Wildman–Crippen LogP) is 4.34. The van der Waals surface area contributed by atoms with Crippen molar-refractivity contribution in [2.24, 2.45) is 0 Å². The van der Waals surface area contributed by atoms with Gasteiger partial charge in [0.1, 0.15) is 11.5 Å². The lowest BCUT2D eigenvalue weighted by molar-refractivity contribution is 0.476. The summed E-state index contributed by atoms with van der Waals surface area (Å²) in [5.74, 6) is 2.82. The number of halogens is 2. The molecule has 2 aromatic rings. The maximum Gasteiger partial charge on any atom is 0.131 e. The molecule has 2 aliphatic rings. The molecule has 0 radical (unpaired) electrons. The molecule has 4 heteroatoms. The minimum atomic E-state index is 0. The largest absolute Gasteiger partial charge is 0.457 e. The lowest BCUT2D eigenvalue weighted by Crippen LogP contribution is -2.08. The Morgan fingerprint density at radius 2 is 1.65 bits per heavy atom. The highest BCUT2D eigenvalue weighted by Gasteiger charge is 2.35. The normalized spacial score (nSPS) is 22.6. The summed E-state index contributed by atoms with van der Waals surface area (Å²) in [7, 11) is 0. The molecule has 104 valence electrons. The van der Waals surface area contributed by atoms with E-state index in [-0.39, 0.29) is 12.4 Å². The molecule has 1 fully saturated rings. The van der Waals surface area contributed by atoms with E-state index >= 15 is 0 Å². The van der Waals surface area contributed by atoms with E-state index in [0.29, 0.717) is 11.8 Å². The van der Waals surface area contributed by atoms with Crippen molar-refractivity contribution in [3.05, 3.63) is 58.6 Å². The van der Waals surface area contributed by atoms with E-state index in [0.717, 1.165) is 29.6 Å². The van der Waals surface area contributed by atoms with Crippen LogP contribution < -0.4 is 10.1 Å². The maximum atomic E-state index is 6.16. The average Bonchev–Trinajstić information content (AvgIpc) is 2.86. The molecule has 2 nitrogen and oxygen atoms in total. The predicted molar refractivity (Wildman–Crippen MR) is 83.6 cm³/mol. The number of para-hydroxylation sites is 1. The molecule has 0 aromatic heterocycles. The van der Waals surface area contributed by atoms with E-state index in [1.165, 1.54) is 11.1 Å². The van der Waals surface area contributed by atoms with Crippen LogP contribution in [0.5, 0.6) is 11.5 Å². The molecular formula is C16H15Cl2NO. The summed E-state index contributed by atoms with van der Waals surface area (Å²) in [5.41, 5.74) is 2.52. The molecule has 2 aliphatic heterocycles. The summed E-state index contributed by atoms with van der Waals surface area (Å²) in [4.78, 5) is 0. The maximum absolute atomic E-state index is 6.16. The average molecular weight is 308 g/mol. The van der Waals surface area contributed by atoms with Gasteiger partial charge in [-0.05, 0) is 29.8 Å². The Hall–Kier alpha value is -1.22. The lowest BCUT2D eigenvalue weighted by atomic mass is 9.84. The second kappa shape index (κ2) is 5.28. The third-order valence-corrected chi connectivity index (χ3v) is 4.36. The number of rotatable bonds is 0. The molecule has 0 saturated carbocycles. The van der Waals surface area contributed by atoms with E-state index in [1.807, 2.05) is 24.3 Å². The second-order valence-electron chi connectivity index (χ2n) is 5.19. The van der Waals surface area contributed by atoms with E-state index in [1.54, 1.807) is 0 Å². The van der Waals surface area contributed by atoms with Crippen molar-refractivity contribution < 1.29 is 4.74 Å². The highest BCUT2D eigenvalue weighted by molar-refractivity contribution is 6.30. The lowest BCUT2D eigenvalue weighted by Gasteiger charge is -2.17. The van der Waals surface area contributed by atoms with E-state index in [9.17, 15) is 0 Å². The van der Waals surface area contributed by atoms with Crippen molar-refractivity contribution in [2.45, 2.75) is 11.8 Å². The van der Waals surface area contributed by atoms with E-state index < -0.39 is 0 Å². The molecule has 0 spiro atoms. The zero-order valence-corrected chi connectivity index (χ0v) is 12.4. The van der Waals surface area contributed by atoms with Crippen LogP contribution in [0.1, 0.15) is 23.0 Å². The molecule has 0 bridgehead atoms. The summed E-state index contributed by atoms with van der Waals surface area (Å²) in [6.45, 7) is 1.98. The fraction of sp³-hybridized carbons (Fsp3) is 0.250. The van der Waals surface area contributed by atoms with Gasteiger partial charge in [0.05, 0.1) is 0 Å². The van der Waals surface area contributed by atoms with Gasteiger partial charge < -0.3 is 10.1 Å². The first-order chi connectivity index (χ1) is 9.33. The van der Waals surface area contributed by atoms with Crippen molar-refractivity contribution in [1.82, 2.24) is 5.32 Å². The van der Waals surface area contributed by atoms with Gasteiger partial charge in [-0.1, -0.05) is 29.8 Å². The van der Waals surface area contributed by atoms with Crippen molar-refractivity contribution in [1.29, 1.82) is 0 Å². The third-order valence-electron chi connectivity index (χ3n) is 4.12. The van der Waals surface area contributed by atoms with Gasteiger partial charge >= 0.3 is 0 Å². The number of nitrogens with one attached hydrogen (secondary N) is 1. The Bertz CT molecular complexity index is 644. The van der Waals surface area contributed by atoms with Gasteiger partial charge in [-0.25, -0.2) is 0 Å². The van der Waals surface area contributed by atoms with Crippen molar-refractivity contribution in [3.8, 4) is 11.5 Å². The van der Waals surface area contributed by atoms with E-state index in [4.69, 9.17) is 16.3 Å². The van der Waals surface area contributed by atoms with Gasteiger partial charge in [0.25, 0.3) is 0 Å². The Labute approximate surface area is 129 Å². The molecular weight excluding hydrogens is 293 g/mol. The van der Waals surface area contributed by atoms with Crippen LogP contribution >= 0.6 is 24.0 Å². The van der Waals surface area contributed by atoms with Crippen molar-refractivity contribution in [3.63, 3.8) is 0 Å². The number of ether oxygens (including phenoxy) is 1. The fourth-order valence-corrected chi connectivity index (χ4v) is 3.41. The summed E-state index contributed by atoms with van der Waals surface area (Å²) >= 11 is 6.16. The molecule has 4 rings (SSSR count).